The summed E-state index contributed by atoms with van der Waals surface area (Å²) in [4.78, 5) is 26.9. The van der Waals surface area contributed by atoms with E-state index in [1.54, 1.807) is 47.4 Å². The van der Waals surface area contributed by atoms with Crippen LogP contribution in [0.15, 0.2) is 48.5 Å². The monoisotopic (exact) mass is 426 g/mol. The van der Waals surface area contributed by atoms with Gasteiger partial charge in [-0.3, -0.25) is 14.9 Å². The number of nitro groups is 1. The highest BCUT2D eigenvalue weighted by Gasteiger charge is 2.25. The van der Waals surface area contributed by atoms with Gasteiger partial charge < -0.3 is 14.5 Å². The number of nitrogens with zero attached hydrogens (tertiary/aromatic N) is 4. The molecule has 0 saturated carbocycles. The molecular weight excluding hydrogens is 408 g/mol. The molecule has 3 rings (SSSR count). The van der Waals surface area contributed by atoms with Gasteiger partial charge in [0.1, 0.15) is 17.5 Å². The molecule has 0 unspecified atom stereocenters. The molecule has 1 heterocycles. The SMILES string of the molecule is N#CCOc1ccc(/C=C/C(=O)N2CCN(c3ccc(Cl)cc3[N+](=O)[O-])CC2)cc1. The molecule has 0 N–H and O–H groups in total. The van der Waals surface area contributed by atoms with Gasteiger partial charge in [0.25, 0.3) is 5.69 Å². The molecule has 30 heavy (non-hydrogen) atoms. The molecule has 0 aliphatic carbocycles. The number of nitriles is 1. The van der Waals surface area contributed by atoms with Crippen LogP contribution in [-0.4, -0.2) is 48.5 Å². The molecule has 1 fully saturated rings. The van der Waals surface area contributed by atoms with Gasteiger partial charge in [0.05, 0.1) is 4.92 Å². The summed E-state index contributed by atoms with van der Waals surface area (Å²) in [5.41, 5.74) is 1.30. The van der Waals surface area contributed by atoms with E-state index in [9.17, 15) is 14.9 Å². The predicted molar refractivity (Wildman–Crippen MR) is 113 cm³/mol. The minimum atomic E-state index is -0.446. The molecule has 9 heteroatoms. The Morgan fingerprint density at radius 1 is 1.20 bits per heavy atom. The Hall–Kier alpha value is -3.57. The van der Waals surface area contributed by atoms with Gasteiger partial charge in [0.15, 0.2) is 6.61 Å². The molecule has 2 aromatic carbocycles. The number of amides is 1. The smallest absolute Gasteiger partial charge is 0.294 e. The first-order valence-electron chi connectivity index (χ1n) is 9.23. The van der Waals surface area contributed by atoms with E-state index in [1.807, 2.05) is 11.0 Å². The third kappa shape index (κ3) is 5.27. The average molecular weight is 427 g/mol. The minimum Gasteiger partial charge on any atom is -0.479 e. The second kappa shape index (κ2) is 9.76. The lowest BCUT2D eigenvalue weighted by Gasteiger charge is -2.35. The number of halogens is 1. The predicted octanol–water partition coefficient (Wildman–Crippen LogP) is 3.51. The Balaban J connectivity index is 1.57. The number of hydrogen-bond acceptors (Lipinski definition) is 6. The number of benzene rings is 2. The van der Waals surface area contributed by atoms with Gasteiger partial charge in [0, 0.05) is 43.3 Å². The molecule has 0 atom stereocenters. The zero-order chi connectivity index (χ0) is 21.5. The van der Waals surface area contributed by atoms with Crippen LogP contribution in [0.4, 0.5) is 11.4 Å². The maximum absolute atomic E-state index is 12.5. The standard InChI is InChI=1S/C21H19ClN4O4/c22-17-4-7-19(20(15-17)26(28)29)24-10-12-25(13-11-24)21(27)8-3-16-1-5-18(6-2-16)30-14-9-23/h1-8,15H,10-14H2/b8-3+. The van der Waals surface area contributed by atoms with Crippen molar-refractivity contribution in [3.8, 4) is 11.8 Å². The first-order valence-corrected chi connectivity index (χ1v) is 9.61. The summed E-state index contributed by atoms with van der Waals surface area (Å²) in [7, 11) is 0. The lowest BCUT2D eigenvalue weighted by Crippen LogP contribution is -2.48. The van der Waals surface area contributed by atoms with E-state index in [0.717, 1.165) is 5.56 Å². The van der Waals surface area contributed by atoms with Crippen molar-refractivity contribution in [2.24, 2.45) is 0 Å². The Kier molecular flexibility index (Phi) is 6.88. The van der Waals surface area contributed by atoms with Crippen LogP contribution in [0.5, 0.6) is 5.75 Å². The molecule has 1 amide bonds. The van der Waals surface area contributed by atoms with Crippen LogP contribution >= 0.6 is 11.6 Å². The fourth-order valence-corrected chi connectivity index (χ4v) is 3.31. The quantitative estimate of drug-likeness (QED) is 0.398. The number of piperazine rings is 1. The van der Waals surface area contributed by atoms with E-state index in [2.05, 4.69) is 0 Å². The summed E-state index contributed by atoms with van der Waals surface area (Å²) >= 11 is 5.88. The van der Waals surface area contributed by atoms with Gasteiger partial charge in [-0.25, -0.2) is 0 Å². The molecule has 8 nitrogen and oxygen atoms in total. The summed E-state index contributed by atoms with van der Waals surface area (Å²) < 4.78 is 5.19. The van der Waals surface area contributed by atoms with E-state index in [1.165, 1.54) is 12.1 Å². The van der Waals surface area contributed by atoms with E-state index >= 15 is 0 Å². The summed E-state index contributed by atoms with van der Waals surface area (Å²) in [6.07, 6.45) is 3.22. The normalized spacial score (nSPS) is 13.9. The lowest BCUT2D eigenvalue weighted by atomic mass is 10.2. The Labute approximate surface area is 178 Å². The number of nitro benzene ring substituents is 1. The molecule has 154 valence electrons. The number of hydrogen-bond donors (Lipinski definition) is 0. The average Bonchev–Trinajstić information content (AvgIpc) is 2.76. The topological polar surface area (TPSA) is 99.7 Å². The van der Waals surface area contributed by atoms with Crippen molar-refractivity contribution in [2.75, 3.05) is 37.7 Å². The molecule has 0 bridgehead atoms. The fraction of sp³-hybridized carbons (Fsp3) is 0.238. The van der Waals surface area contributed by atoms with Crippen LogP contribution < -0.4 is 9.64 Å². The second-order valence-electron chi connectivity index (χ2n) is 6.55. The maximum atomic E-state index is 12.5. The number of ether oxygens (including phenoxy) is 1. The van der Waals surface area contributed by atoms with Crippen molar-refractivity contribution in [1.82, 2.24) is 4.90 Å². The maximum Gasteiger partial charge on any atom is 0.294 e. The number of carbonyl (C=O) groups excluding carboxylic acids is 1. The first-order chi connectivity index (χ1) is 14.5. The minimum absolute atomic E-state index is 0.0151. The molecule has 2 aromatic rings. The van der Waals surface area contributed by atoms with Gasteiger partial charge in [-0.2, -0.15) is 5.26 Å². The summed E-state index contributed by atoms with van der Waals surface area (Å²) in [5, 5.41) is 20.1. The summed E-state index contributed by atoms with van der Waals surface area (Å²) in [5.74, 6) is 0.470. The van der Waals surface area contributed by atoms with Gasteiger partial charge in [-0.15, -0.1) is 0 Å². The van der Waals surface area contributed by atoms with Crippen LogP contribution in [0.3, 0.4) is 0 Å². The van der Waals surface area contributed by atoms with E-state index in [4.69, 9.17) is 21.6 Å². The number of carbonyl (C=O) groups is 1. The lowest BCUT2D eigenvalue weighted by molar-refractivity contribution is -0.384. The van der Waals surface area contributed by atoms with Crippen LogP contribution in [0.2, 0.25) is 5.02 Å². The van der Waals surface area contributed by atoms with Crippen LogP contribution in [0.1, 0.15) is 5.56 Å². The zero-order valence-corrected chi connectivity index (χ0v) is 16.8. The van der Waals surface area contributed by atoms with Crippen molar-refractivity contribution in [2.45, 2.75) is 0 Å². The molecular formula is C21H19ClN4O4. The Bertz CT molecular complexity index is 993. The largest absolute Gasteiger partial charge is 0.479 e. The van der Waals surface area contributed by atoms with Gasteiger partial charge in [-0.1, -0.05) is 23.7 Å². The van der Waals surface area contributed by atoms with Gasteiger partial charge in [-0.05, 0) is 35.9 Å². The molecule has 0 aromatic heterocycles. The van der Waals surface area contributed by atoms with Crippen LogP contribution in [0.25, 0.3) is 6.08 Å². The van der Waals surface area contributed by atoms with Crippen molar-refractivity contribution in [3.63, 3.8) is 0 Å². The summed E-state index contributed by atoms with van der Waals surface area (Å²) in [6.45, 7) is 1.90. The van der Waals surface area contributed by atoms with Crippen LogP contribution in [-0.2, 0) is 4.79 Å². The van der Waals surface area contributed by atoms with Gasteiger partial charge in [0.2, 0.25) is 5.91 Å². The fourth-order valence-electron chi connectivity index (χ4n) is 3.14. The Morgan fingerprint density at radius 3 is 2.53 bits per heavy atom. The Morgan fingerprint density at radius 2 is 1.90 bits per heavy atom. The second-order valence-corrected chi connectivity index (χ2v) is 6.99. The zero-order valence-electron chi connectivity index (χ0n) is 16.0. The molecule has 1 saturated heterocycles. The highest BCUT2D eigenvalue weighted by Crippen LogP contribution is 2.31. The van der Waals surface area contributed by atoms with Crippen LogP contribution in [0, 0.1) is 21.4 Å². The van der Waals surface area contributed by atoms with E-state index < -0.39 is 4.92 Å². The number of rotatable bonds is 6. The highest BCUT2D eigenvalue weighted by molar-refractivity contribution is 6.30. The van der Waals surface area contributed by atoms with E-state index in [0.29, 0.717) is 42.6 Å². The molecule has 0 radical (unpaired) electrons. The van der Waals surface area contributed by atoms with Crippen molar-refractivity contribution >= 4 is 35.0 Å². The van der Waals surface area contributed by atoms with Crippen molar-refractivity contribution in [3.05, 3.63) is 69.2 Å². The van der Waals surface area contributed by atoms with E-state index in [-0.39, 0.29) is 18.2 Å². The van der Waals surface area contributed by atoms with Crippen molar-refractivity contribution in [1.29, 1.82) is 5.26 Å². The first kappa shape index (κ1) is 21.1. The van der Waals surface area contributed by atoms with Gasteiger partial charge >= 0.3 is 0 Å². The van der Waals surface area contributed by atoms with Crippen molar-refractivity contribution < 1.29 is 14.5 Å². The molecule has 1 aliphatic heterocycles. The summed E-state index contributed by atoms with van der Waals surface area (Å²) in [6, 6.07) is 13.6. The third-order valence-electron chi connectivity index (χ3n) is 4.67. The highest BCUT2D eigenvalue weighted by atomic mass is 35.5. The molecule has 1 aliphatic rings. The third-order valence-corrected chi connectivity index (χ3v) is 4.90. The number of anilines is 1. The molecule has 0 spiro atoms.